The van der Waals surface area contributed by atoms with Gasteiger partial charge >= 0.3 is 5.69 Å². The van der Waals surface area contributed by atoms with E-state index in [1.54, 1.807) is 6.92 Å². The predicted molar refractivity (Wildman–Crippen MR) is 134 cm³/mol. The number of ether oxygens (including phenoxy) is 2. The highest BCUT2D eigenvalue weighted by molar-refractivity contribution is 9.10. The summed E-state index contributed by atoms with van der Waals surface area (Å²) in [5, 5.41) is 14.2. The summed E-state index contributed by atoms with van der Waals surface area (Å²) in [6.07, 6.45) is 5.26. The number of nitro benzene ring substituents is 1. The highest BCUT2D eigenvalue weighted by Gasteiger charge is 2.28. The van der Waals surface area contributed by atoms with Crippen LogP contribution in [-0.4, -0.2) is 47.4 Å². The van der Waals surface area contributed by atoms with Gasteiger partial charge in [0.2, 0.25) is 11.7 Å². The Morgan fingerprint density at radius 2 is 1.94 bits per heavy atom. The monoisotopic (exact) mass is 547 g/mol. The van der Waals surface area contributed by atoms with Gasteiger partial charge in [-0.1, -0.05) is 47.3 Å². The quantitative estimate of drug-likeness (QED) is 0.343. The highest BCUT2D eigenvalue weighted by Crippen LogP contribution is 2.30. The van der Waals surface area contributed by atoms with Crippen LogP contribution in [0.1, 0.15) is 44.6 Å². The molecule has 0 heterocycles. The van der Waals surface area contributed by atoms with Gasteiger partial charge in [0.05, 0.1) is 12.0 Å². The molecular formula is C25H30BrN3O6. The number of carbonyl (C=O) groups excluding carboxylic acids is 2. The zero-order valence-electron chi connectivity index (χ0n) is 19.9. The molecule has 2 amide bonds. The van der Waals surface area contributed by atoms with E-state index in [0.29, 0.717) is 0 Å². The molecule has 1 aliphatic rings. The first-order chi connectivity index (χ1) is 16.8. The SMILES string of the molecule is COc1cc(OCC(=O)N(Cc2cccc(Br)c2)[C@H](C)C(=O)NC2CCCCC2)ccc1[N+](=O)[O-]. The van der Waals surface area contributed by atoms with E-state index in [4.69, 9.17) is 9.47 Å². The summed E-state index contributed by atoms with van der Waals surface area (Å²) in [6, 6.07) is 11.0. The minimum absolute atomic E-state index is 0.0335. The molecule has 0 unspecified atom stereocenters. The number of amides is 2. The van der Waals surface area contributed by atoms with Crippen molar-refractivity contribution in [2.75, 3.05) is 13.7 Å². The van der Waals surface area contributed by atoms with Gasteiger partial charge in [-0.25, -0.2) is 0 Å². The molecule has 9 nitrogen and oxygen atoms in total. The Morgan fingerprint density at radius 3 is 2.60 bits per heavy atom. The Balaban J connectivity index is 1.73. The van der Waals surface area contributed by atoms with E-state index in [0.717, 1.165) is 35.7 Å². The minimum Gasteiger partial charge on any atom is -0.490 e. The molecule has 1 atom stereocenters. The molecule has 0 radical (unpaired) electrons. The lowest BCUT2D eigenvalue weighted by Gasteiger charge is -2.31. The van der Waals surface area contributed by atoms with Crippen molar-refractivity contribution in [3.05, 3.63) is 62.6 Å². The minimum atomic E-state index is -0.710. The second-order valence-electron chi connectivity index (χ2n) is 8.55. The van der Waals surface area contributed by atoms with Gasteiger partial charge in [-0.2, -0.15) is 0 Å². The van der Waals surface area contributed by atoms with Crippen LogP contribution in [0.3, 0.4) is 0 Å². The molecule has 0 bridgehead atoms. The first kappa shape index (κ1) is 26.5. The molecule has 1 aliphatic carbocycles. The van der Waals surface area contributed by atoms with Crippen molar-refractivity contribution in [1.29, 1.82) is 0 Å². The average Bonchev–Trinajstić information content (AvgIpc) is 2.85. The molecule has 2 aromatic carbocycles. The summed E-state index contributed by atoms with van der Waals surface area (Å²) in [4.78, 5) is 38.3. The van der Waals surface area contributed by atoms with Crippen molar-refractivity contribution < 1.29 is 24.0 Å². The van der Waals surface area contributed by atoms with E-state index in [-0.39, 0.29) is 48.2 Å². The Labute approximate surface area is 213 Å². The number of hydrogen-bond acceptors (Lipinski definition) is 6. The normalized spacial score (nSPS) is 14.6. The van der Waals surface area contributed by atoms with Gasteiger partial charge in [0.15, 0.2) is 6.61 Å². The molecule has 0 spiro atoms. The lowest BCUT2D eigenvalue weighted by Crippen LogP contribution is -2.51. The summed E-state index contributed by atoms with van der Waals surface area (Å²) >= 11 is 3.44. The molecule has 0 aromatic heterocycles. The van der Waals surface area contributed by atoms with Crippen LogP contribution < -0.4 is 14.8 Å². The Morgan fingerprint density at radius 1 is 1.20 bits per heavy atom. The van der Waals surface area contributed by atoms with Crippen molar-refractivity contribution in [1.82, 2.24) is 10.2 Å². The van der Waals surface area contributed by atoms with Crippen molar-refractivity contribution in [3.63, 3.8) is 0 Å². The Kier molecular flexibility index (Phi) is 9.47. The standard InChI is InChI=1S/C25H30BrN3O6/c1-17(25(31)27-20-9-4-3-5-10-20)28(15-18-7-6-8-19(26)13-18)24(30)16-35-21-11-12-22(29(32)33)23(14-21)34-2/h6-8,11-14,17,20H,3-5,9-10,15-16H2,1-2H3,(H,27,31)/t17-/m1/s1. The Bertz CT molecular complexity index is 1060. The lowest BCUT2D eigenvalue weighted by atomic mass is 9.95. The molecular weight excluding hydrogens is 518 g/mol. The van der Waals surface area contributed by atoms with Gasteiger partial charge in [-0.05, 0) is 43.5 Å². The molecule has 0 saturated heterocycles. The van der Waals surface area contributed by atoms with Crippen LogP contribution in [0.25, 0.3) is 0 Å². The zero-order chi connectivity index (χ0) is 25.4. The molecule has 1 saturated carbocycles. The molecule has 35 heavy (non-hydrogen) atoms. The van der Waals surface area contributed by atoms with E-state index in [2.05, 4.69) is 21.2 Å². The number of methoxy groups -OCH3 is 1. The van der Waals surface area contributed by atoms with E-state index < -0.39 is 11.0 Å². The predicted octanol–water partition coefficient (Wildman–Crippen LogP) is 4.61. The highest BCUT2D eigenvalue weighted by atomic mass is 79.9. The van der Waals surface area contributed by atoms with Crippen molar-refractivity contribution in [2.45, 2.75) is 57.7 Å². The molecule has 1 fully saturated rings. The molecule has 10 heteroatoms. The summed E-state index contributed by atoms with van der Waals surface area (Å²) in [7, 11) is 1.32. The number of hydrogen-bond donors (Lipinski definition) is 1. The smallest absolute Gasteiger partial charge is 0.311 e. The first-order valence-corrected chi connectivity index (χ1v) is 12.4. The first-order valence-electron chi connectivity index (χ1n) is 11.6. The maximum absolute atomic E-state index is 13.2. The number of nitrogens with zero attached hydrogens (tertiary/aromatic N) is 2. The molecule has 1 N–H and O–H groups in total. The third-order valence-corrected chi connectivity index (χ3v) is 6.56. The van der Waals surface area contributed by atoms with Crippen molar-refractivity contribution in [3.8, 4) is 11.5 Å². The third-order valence-electron chi connectivity index (χ3n) is 6.07. The fraction of sp³-hybridized carbons (Fsp3) is 0.440. The number of nitrogens with one attached hydrogen (secondary N) is 1. The summed E-state index contributed by atoms with van der Waals surface area (Å²) in [5.74, 6) is -0.292. The maximum atomic E-state index is 13.2. The number of nitro groups is 1. The summed E-state index contributed by atoms with van der Waals surface area (Å²) in [5.41, 5.74) is 0.664. The van der Waals surface area contributed by atoms with Gasteiger partial charge in [0.25, 0.3) is 5.91 Å². The van der Waals surface area contributed by atoms with E-state index in [1.165, 1.54) is 36.6 Å². The topological polar surface area (TPSA) is 111 Å². The second kappa shape index (κ2) is 12.5. The Hall–Kier alpha value is -3.14. The van der Waals surface area contributed by atoms with Gasteiger partial charge < -0.3 is 19.7 Å². The number of carbonyl (C=O) groups is 2. The van der Waals surface area contributed by atoms with Crippen LogP contribution >= 0.6 is 15.9 Å². The lowest BCUT2D eigenvalue weighted by molar-refractivity contribution is -0.385. The fourth-order valence-corrected chi connectivity index (χ4v) is 4.56. The van der Waals surface area contributed by atoms with Crippen LogP contribution in [-0.2, 0) is 16.1 Å². The second-order valence-corrected chi connectivity index (χ2v) is 9.47. The third kappa shape index (κ3) is 7.42. The largest absolute Gasteiger partial charge is 0.490 e. The molecule has 3 rings (SSSR count). The fourth-order valence-electron chi connectivity index (χ4n) is 4.11. The zero-order valence-corrected chi connectivity index (χ0v) is 21.5. The van der Waals surface area contributed by atoms with Crippen molar-refractivity contribution >= 4 is 33.4 Å². The number of halogens is 1. The van der Waals surface area contributed by atoms with E-state index >= 15 is 0 Å². The average molecular weight is 548 g/mol. The summed E-state index contributed by atoms with van der Waals surface area (Å²) < 4.78 is 11.6. The van der Waals surface area contributed by atoms with E-state index in [9.17, 15) is 19.7 Å². The molecule has 188 valence electrons. The maximum Gasteiger partial charge on any atom is 0.311 e. The van der Waals surface area contributed by atoms with Crippen LogP contribution in [0, 0.1) is 10.1 Å². The molecule has 2 aromatic rings. The van der Waals surface area contributed by atoms with Gasteiger partial charge in [-0.15, -0.1) is 0 Å². The number of rotatable bonds is 10. The summed E-state index contributed by atoms with van der Waals surface area (Å²) in [6.45, 7) is 1.60. The van der Waals surface area contributed by atoms with Gasteiger partial charge in [0, 0.05) is 29.2 Å². The van der Waals surface area contributed by atoms with Crippen LogP contribution in [0.4, 0.5) is 5.69 Å². The van der Waals surface area contributed by atoms with Crippen molar-refractivity contribution in [2.24, 2.45) is 0 Å². The van der Waals surface area contributed by atoms with Crippen LogP contribution in [0.5, 0.6) is 11.5 Å². The molecule has 0 aliphatic heterocycles. The van der Waals surface area contributed by atoms with Crippen LogP contribution in [0.2, 0.25) is 0 Å². The van der Waals surface area contributed by atoms with Gasteiger partial charge in [0.1, 0.15) is 11.8 Å². The number of benzene rings is 2. The van der Waals surface area contributed by atoms with Gasteiger partial charge in [-0.3, -0.25) is 19.7 Å². The van der Waals surface area contributed by atoms with E-state index in [1.807, 2.05) is 24.3 Å². The van der Waals surface area contributed by atoms with Crippen LogP contribution in [0.15, 0.2) is 46.9 Å².